The minimum atomic E-state index is -1.45. The van der Waals surface area contributed by atoms with Gasteiger partial charge < -0.3 is 49.1 Å². The SMILES string of the molecule is NCCCCC(NC(=O)C(CO)NC(=O)C(CCCN=C(N)N)NC(=O)C(N)Cc1ccccc1)C(=O)O. The summed E-state index contributed by atoms with van der Waals surface area (Å²) < 4.78 is 0. The Morgan fingerprint density at radius 3 is 2.00 bits per heavy atom. The van der Waals surface area contributed by atoms with Gasteiger partial charge in [0.2, 0.25) is 17.7 Å². The summed E-state index contributed by atoms with van der Waals surface area (Å²) >= 11 is 0. The maximum absolute atomic E-state index is 13.0. The van der Waals surface area contributed by atoms with Crippen LogP contribution in [0.3, 0.4) is 0 Å². The van der Waals surface area contributed by atoms with Crippen LogP contribution in [0.1, 0.15) is 37.7 Å². The molecular formula is C24H40N8O6. The smallest absolute Gasteiger partial charge is 0.326 e. The highest BCUT2D eigenvalue weighted by Crippen LogP contribution is 2.05. The fraction of sp³-hybridized carbons (Fsp3) is 0.542. The summed E-state index contributed by atoms with van der Waals surface area (Å²) in [7, 11) is 0. The van der Waals surface area contributed by atoms with Gasteiger partial charge in [0.15, 0.2) is 5.96 Å². The molecule has 212 valence electrons. The van der Waals surface area contributed by atoms with Gasteiger partial charge >= 0.3 is 5.97 Å². The lowest BCUT2D eigenvalue weighted by Crippen LogP contribution is -2.58. The largest absolute Gasteiger partial charge is 0.480 e. The number of rotatable bonds is 18. The number of hydrogen-bond acceptors (Lipinski definition) is 8. The number of nitrogens with zero attached hydrogens (tertiary/aromatic N) is 1. The van der Waals surface area contributed by atoms with Gasteiger partial charge in [-0.25, -0.2) is 4.79 Å². The van der Waals surface area contributed by atoms with Crippen molar-refractivity contribution in [2.24, 2.45) is 27.9 Å². The van der Waals surface area contributed by atoms with Gasteiger partial charge in [0.25, 0.3) is 0 Å². The summed E-state index contributed by atoms with van der Waals surface area (Å²) in [5.74, 6) is -3.62. The van der Waals surface area contributed by atoms with E-state index in [1.165, 1.54) is 0 Å². The minimum absolute atomic E-state index is 0.100. The van der Waals surface area contributed by atoms with Gasteiger partial charge in [0.05, 0.1) is 12.6 Å². The summed E-state index contributed by atoms with van der Waals surface area (Å²) in [6.45, 7) is -0.235. The maximum atomic E-state index is 13.0. The number of nitrogens with two attached hydrogens (primary N) is 4. The predicted molar refractivity (Wildman–Crippen MR) is 141 cm³/mol. The number of hydrogen-bond donors (Lipinski definition) is 9. The average Bonchev–Trinajstić information content (AvgIpc) is 2.88. The molecule has 38 heavy (non-hydrogen) atoms. The van der Waals surface area contributed by atoms with Crippen molar-refractivity contribution in [3.63, 3.8) is 0 Å². The summed E-state index contributed by atoms with van der Waals surface area (Å²) in [4.78, 5) is 53.7. The standard InChI is InChI=1S/C24H40N8O6/c25-11-5-4-9-18(23(37)38)31-22(36)19(14-33)32-21(35)17(10-6-12-29-24(27)28)30-20(34)16(26)13-15-7-2-1-3-8-15/h1-3,7-8,16-19,33H,4-6,9-14,25-26H2,(H,30,34)(H,31,36)(H,32,35)(H,37,38)(H4,27,28,29). The number of carbonyl (C=O) groups is 4. The Hall–Kier alpha value is -3.75. The number of aliphatic carboxylic acids is 1. The lowest BCUT2D eigenvalue weighted by atomic mass is 10.0. The van der Waals surface area contributed by atoms with Crippen molar-refractivity contribution in [2.75, 3.05) is 19.7 Å². The predicted octanol–water partition coefficient (Wildman–Crippen LogP) is -2.73. The fourth-order valence-corrected chi connectivity index (χ4v) is 3.50. The molecular weight excluding hydrogens is 496 g/mol. The Bertz CT molecular complexity index is 926. The van der Waals surface area contributed by atoms with Gasteiger partial charge in [0, 0.05) is 6.54 Å². The van der Waals surface area contributed by atoms with Crippen LogP contribution in [-0.2, 0) is 25.6 Å². The van der Waals surface area contributed by atoms with Crippen LogP contribution in [0, 0.1) is 0 Å². The molecule has 0 radical (unpaired) electrons. The molecule has 0 aliphatic carbocycles. The van der Waals surface area contributed by atoms with E-state index in [2.05, 4.69) is 20.9 Å². The third kappa shape index (κ3) is 12.5. The molecule has 3 amide bonds. The second-order valence-electron chi connectivity index (χ2n) is 8.73. The zero-order valence-corrected chi connectivity index (χ0v) is 21.3. The molecule has 1 rings (SSSR count). The minimum Gasteiger partial charge on any atom is -0.480 e. The van der Waals surface area contributed by atoms with Gasteiger partial charge in [-0.15, -0.1) is 0 Å². The van der Waals surface area contributed by atoms with Crippen molar-refractivity contribution >= 4 is 29.7 Å². The van der Waals surface area contributed by atoms with Gasteiger partial charge in [-0.2, -0.15) is 0 Å². The number of guanidine groups is 1. The number of aliphatic hydroxyl groups is 1. The van der Waals surface area contributed by atoms with E-state index in [4.69, 9.17) is 22.9 Å². The average molecular weight is 537 g/mol. The van der Waals surface area contributed by atoms with Crippen molar-refractivity contribution in [1.29, 1.82) is 0 Å². The molecule has 0 aliphatic heterocycles. The van der Waals surface area contributed by atoms with E-state index in [1.54, 1.807) is 0 Å². The van der Waals surface area contributed by atoms with Crippen LogP contribution in [-0.4, -0.2) is 83.7 Å². The molecule has 0 aliphatic rings. The highest BCUT2D eigenvalue weighted by molar-refractivity contribution is 5.94. The van der Waals surface area contributed by atoms with Crippen molar-refractivity contribution < 1.29 is 29.4 Å². The van der Waals surface area contributed by atoms with Crippen LogP contribution < -0.4 is 38.9 Å². The Balaban J connectivity index is 2.88. The quantitative estimate of drug-likeness (QED) is 0.0531. The van der Waals surface area contributed by atoms with Gasteiger partial charge in [0.1, 0.15) is 18.1 Å². The summed E-state index contributed by atoms with van der Waals surface area (Å²) in [6.07, 6.45) is 1.82. The number of carboxylic acid groups (broad SMARTS) is 1. The normalized spacial score (nSPS) is 13.9. The summed E-state index contributed by atoms with van der Waals surface area (Å²) in [5, 5.41) is 26.4. The number of aliphatic hydroxyl groups excluding tert-OH is 1. The molecule has 0 saturated carbocycles. The van der Waals surface area contributed by atoms with Crippen molar-refractivity contribution in [3.05, 3.63) is 35.9 Å². The van der Waals surface area contributed by atoms with Crippen LogP contribution in [0.2, 0.25) is 0 Å². The van der Waals surface area contributed by atoms with Crippen LogP contribution in [0.15, 0.2) is 35.3 Å². The first kappa shape index (κ1) is 32.3. The molecule has 0 spiro atoms. The van der Waals surface area contributed by atoms with Crippen LogP contribution in [0.25, 0.3) is 0 Å². The number of amides is 3. The zero-order valence-electron chi connectivity index (χ0n) is 21.3. The molecule has 0 heterocycles. The molecule has 1 aromatic rings. The first-order chi connectivity index (χ1) is 18.1. The van der Waals surface area contributed by atoms with Gasteiger partial charge in [-0.1, -0.05) is 30.3 Å². The van der Waals surface area contributed by atoms with E-state index in [0.717, 1.165) is 5.56 Å². The van der Waals surface area contributed by atoms with Gasteiger partial charge in [-0.05, 0) is 50.6 Å². The number of aliphatic imine (C=N–C) groups is 1. The first-order valence-corrected chi connectivity index (χ1v) is 12.4. The Kier molecular flexibility index (Phi) is 15.0. The number of carboxylic acids is 1. The van der Waals surface area contributed by atoms with E-state index in [0.29, 0.717) is 25.8 Å². The van der Waals surface area contributed by atoms with Crippen molar-refractivity contribution in [2.45, 2.75) is 62.7 Å². The van der Waals surface area contributed by atoms with Crippen LogP contribution >= 0.6 is 0 Å². The molecule has 0 bridgehead atoms. The molecule has 13 N–H and O–H groups in total. The molecule has 1 aromatic carbocycles. The maximum Gasteiger partial charge on any atom is 0.326 e. The van der Waals surface area contributed by atoms with E-state index in [9.17, 15) is 29.4 Å². The molecule has 4 unspecified atom stereocenters. The van der Waals surface area contributed by atoms with Gasteiger partial charge in [-0.3, -0.25) is 19.4 Å². The number of carbonyl (C=O) groups excluding carboxylic acids is 3. The van der Waals surface area contributed by atoms with Crippen molar-refractivity contribution in [3.8, 4) is 0 Å². The highest BCUT2D eigenvalue weighted by atomic mass is 16.4. The molecule has 14 nitrogen and oxygen atoms in total. The number of nitrogens with one attached hydrogen (secondary N) is 3. The number of benzene rings is 1. The Morgan fingerprint density at radius 1 is 0.842 bits per heavy atom. The number of unbranched alkanes of at least 4 members (excludes halogenated alkanes) is 1. The molecule has 0 aromatic heterocycles. The lowest BCUT2D eigenvalue weighted by molar-refractivity contribution is -0.142. The second kappa shape index (κ2) is 17.7. The van der Waals surface area contributed by atoms with E-state index in [-0.39, 0.29) is 31.8 Å². The molecule has 4 atom stereocenters. The molecule has 0 fully saturated rings. The summed E-state index contributed by atoms with van der Waals surface area (Å²) in [5.41, 5.74) is 22.9. The van der Waals surface area contributed by atoms with E-state index >= 15 is 0 Å². The van der Waals surface area contributed by atoms with Crippen LogP contribution in [0.4, 0.5) is 0 Å². The van der Waals surface area contributed by atoms with Crippen LogP contribution in [0.5, 0.6) is 0 Å². The fourth-order valence-electron chi connectivity index (χ4n) is 3.50. The molecule has 0 saturated heterocycles. The lowest BCUT2D eigenvalue weighted by Gasteiger charge is -2.24. The highest BCUT2D eigenvalue weighted by Gasteiger charge is 2.29. The monoisotopic (exact) mass is 536 g/mol. The summed E-state index contributed by atoms with van der Waals surface area (Å²) in [6, 6.07) is 4.35. The van der Waals surface area contributed by atoms with E-state index in [1.807, 2.05) is 30.3 Å². The second-order valence-corrected chi connectivity index (χ2v) is 8.73. The Morgan fingerprint density at radius 2 is 1.42 bits per heavy atom. The zero-order chi connectivity index (χ0) is 28.5. The Labute approximate surface area is 221 Å². The van der Waals surface area contributed by atoms with Crippen molar-refractivity contribution in [1.82, 2.24) is 16.0 Å². The third-order valence-electron chi connectivity index (χ3n) is 5.59. The topological polar surface area (TPSA) is 261 Å². The van der Waals surface area contributed by atoms with E-state index < -0.39 is 54.5 Å². The third-order valence-corrected chi connectivity index (χ3v) is 5.59. The molecule has 14 heteroatoms. The first-order valence-electron chi connectivity index (χ1n) is 12.4.